The van der Waals surface area contributed by atoms with Crippen LogP contribution in [0.25, 0.3) is 0 Å². The normalized spacial score (nSPS) is 14.4. The van der Waals surface area contributed by atoms with Gasteiger partial charge in [0.15, 0.2) is 11.6 Å². The zero-order chi connectivity index (χ0) is 19.7. The summed E-state index contributed by atoms with van der Waals surface area (Å²) >= 11 is 11.7. The van der Waals surface area contributed by atoms with E-state index in [4.69, 9.17) is 23.2 Å². The van der Waals surface area contributed by atoms with Gasteiger partial charge in [-0.15, -0.1) is 0 Å². The van der Waals surface area contributed by atoms with Crippen molar-refractivity contribution in [2.75, 3.05) is 31.1 Å². The second-order valence-corrected chi connectivity index (χ2v) is 6.73. The van der Waals surface area contributed by atoms with Gasteiger partial charge in [0.1, 0.15) is 5.69 Å². The lowest BCUT2D eigenvalue weighted by Gasteiger charge is -2.36. The highest BCUT2D eigenvalue weighted by molar-refractivity contribution is 6.33. The number of halogens is 4. The lowest BCUT2D eigenvalue weighted by atomic mass is 10.1. The molecule has 1 aliphatic rings. The molecule has 0 saturated carbocycles. The second-order valence-electron chi connectivity index (χ2n) is 5.89. The van der Waals surface area contributed by atoms with Crippen LogP contribution in [0.2, 0.25) is 10.0 Å². The van der Waals surface area contributed by atoms with E-state index in [-0.39, 0.29) is 41.9 Å². The number of nitro benzene ring substituents is 1. The van der Waals surface area contributed by atoms with Crippen LogP contribution in [0, 0.1) is 21.7 Å². The summed E-state index contributed by atoms with van der Waals surface area (Å²) in [6, 6.07) is 6.33. The minimum Gasteiger partial charge on any atom is -0.362 e. The number of amides is 1. The standard InChI is InChI=1S/C17H13Cl2F2N3O3/c18-10-1-4-13(14(9-10)24(26)27)22-5-7-23(8-6-22)17(25)15-11(19)2-3-12(20)16(15)21/h1-4,9H,5-8H2. The third-order valence-electron chi connectivity index (χ3n) is 4.30. The molecule has 1 heterocycles. The van der Waals surface area contributed by atoms with E-state index < -0.39 is 28.0 Å². The summed E-state index contributed by atoms with van der Waals surface area (Å²) in [5, 5.41) is 11.3. The molecule has 2 aromatic carbocycles. The summed E-state index contributed by atoms with van der Waals surface area (Å²) in [5.41, 5.74) is -0.268. The summed E-state index contributed by atoms with van der Waals surface area (Å²) < 4.78 is 27.4. The fraction of sp³-hybridized carbons (Fsp3) is 0.235. The molecule has 1 fully saturated rings. The molecule has 0 spiro atoms. The van der Waals surface area contributed by atoms with Gasteiger partial charge in [-0.3, -0.25) is 14.9 Å². The molecule has 0 radical (unpaired) electrons. The average Bonchev–Trinajstić information content (AvgIpc) is 2.65. The molecular formula is C17H13Cl2F2N3O3. The lowest BCUT2D eigenvalue weighted by molar-refractivity contribution is -0.384. The summed E-state index contributed by atoms with van der Waals surface area (Å²) in [6.07, 6.45) is 0. The fourth-order valence-electron chi connectivity index (χ4n) is 2.94. The first-order chi connectivity index (χ1) is 12.8. The van der Waals surface area contributed by atoms with Crippen LogP contribution in [-0.4, -0.2) is 41.9 Å². The maximum Gasteiger partial charge on any atom is 0.294 e. The SMILES string of the molecule is O=C(c1c(Cl)ccc(F)c1F)N1CCN(c2ccc(Cl)cc2[N+](=O)[O-])CC1. The predicted octanol–water partition coefficient (Wildman–Crippen LogP) is 4.14. The van der Waals surface area contributed by atoms with Crippen molar-refractivity contribution in [1.82, 2.24) is 4.90 Å². The molecule has 6 nitrogen and oxygen atoms in total. The molecule has 142 valence electrons. The number of carbonyl (C=O) groups excluding carboxylic acids is 1. The zero-order valence-electron chi connectivity index (χ0n) is 13.8. The topological polar surface area (TPSA) is 66.7 Å². The molecule has 10 heteroatoms. The third-order valence-corrected chi connectivity index (χ3v) is 4.85. The Labute approximate surface area is 163 Å². The van der Waals surface area contributed by atoms with Gasteiger partial charge < -0.3 is 9.80 Å². The number of benzene rings is 2. The average molecular weight is 416 g/mol. The van der Waals surface area contributed by atoms with Crippen molar-refractivity contribution in [3.8, 4) is 0 Å². The maximum absolute atomic E-state index is 14.0. The number of piperazine rings is 1. The van der Waals surface area contributed by atoms with Crippen LogP contribution < -0.4 is 4.90 Å². The molecule has 0 N–H and O–H groups in total. The van der Waals surface area contributed by atoms with Gasteiger partial charge in [0.25, 0.3) is 11.6 Å². The number of anilines is 1. The van der Waals surface area contributed by atoms with Gasteiger partial charge in [0, 0.05) is 37.3 Å². The Hall–Kier alpha value is -2.45. The molecule has 3 rings (SSSR count). The molecule has 0 aliphatic carbocycles. The highest BCUT2D eigenvalue weighted by Crippen LogP contribution is 2.32. The van der Waals surface area contributed by atoms with E-state index in [0.717, 1.165) is 12.1 Å². The van der Waals surface area contributed by atoms with Crippen LogP contribution in [-0.2, 0) is 0 Å². The van der Waals surface area contributed by atoms with Gasteiger partial charge in [-0.05, 0) is 24.3 Å². The summed E-state index contributed by atoms with van der Waals surface area (Å²) in [4.78, 5) is 26.3. The first-order valence-electron chi connectivity index (χ1n) is 7.91. The van der Waals surface area contributed by atoms with Crippen LogP contribution in [0.5, 0.6) is 0 Å². The Bertz CT molecular complexity index is 919. The minimum atomic E-state index is -1.29. The van der Waals surface area contributed by atoms with E-state index in [1.165, 1.54) is 11.0 Å². The van der Waals surface area contributed by atoms with Crippen LogP contribution in [0.1, 0.15) is 10.4 Å². The highest BCUT2D eigenvalue weighted by Gasteiger charge is 2.29. The van der Waals surface area contributed by atoms with Crippen LogP contribution >= 0.6 is 23.2 Å². The summed E-state index contributed by atoms with van der Waals surface area (Å²) in [7, 11) is 0. The van der Waals surface area contributed by atoms with Gasteiger partial charge in [0.05, 0.1) is 15.5 Å². The Morgan fingerprint density at radius 3 is 2.37 bits per heavy atom. The van der Waals surface area contributed by atoms with Gasteiger partial charge in [-0.2, -0.15) is 0 Å². The van der Waals surface area contributed by atoms with E-state index in [1.54, 1.807) is 17.0 Å². The Kier molecular flexibility index (Phi) is 5.48. The molecule has 27 heavy (non-hydrogen) atoms. The van der Waals surface area contributed by atoms with E-state index >= 15 is 0 Å². The smallest absolute Gasteiger partial charge is 0.294 e. The van der Waals surface area contributed by atoms with Crippen LogP contribution in [0.4, 0.5) is 20.2 Å². The number of carbonyl (C=O) groups is 1. The van der Waals surface area contributed by atoms with Crippen molar-refractivity contribution >= 4 is 40.5 Å². The second kappa shape index (κ2) is 7.66. The minimum absolute atomic E-state index is 0.138. The van der Waals surface area contributed by atoms with Crippen LogP contribution in [0.15, 0.2) is 30.3 Å². The van der Waals surface area contributed by atoms with Gasteiger partial charge in [0.2, 0.25) is 0 Å². The van der Waals surface area contributed by atoms with E-state index in [0.29, 0.717) is 5.69 Å². The van der Waals surface area contributed by atoms with E-state index in [9.17, 15) is 23.7 Å². The maximum atomic E-state index is 14.0. The Morgan fingerprint density at radius 2 is 1.74 bits per heavy atom. The lowest BCUT2D eigenvalue weighted by Crippen LogP contribution is -2.49. The number of hydrogen-bond acceptors (Lipinski definition) is 4. The largest absolute Gasteiger partial charge is 0.362 e. The molecule has 1 saturated heterocycles. The predicted molar refractivity (Wildman–Crippen MR) is 97.6 cm³/mol. The quantitative estimate of drug-likeness (QED) is 0.429. The van der Waals surface area contributed by atoms with Crippen molar-refractivity contribution in [3.63, 3.8) is 0 Å². The summed E-state index contributed by atoms with van der Waals surface area (Å²) in [6.45, 7) is 0.904. The number of nitrogens with zero attached hydrogens (tertiary/aromatic N) is 3. The molecule has 0 aromatic heterocycles. The van der Waals surface area contributed by atoms with E-state index in [2.05, 4.69) is 0 Å². The van der Waals surface area contributed by atoms with E-state index in [1.807, 2.05) is 0 Å². The van der Waals surface area contributed by atoms with Crippen molar-refractivity contribution in [3.05, 3.63) is 67.7 Å². The fourth-order valence-corrected chi connectivity index (χ4v) is 3.34. The molecule has 0 atom stereocenters. The van der Waals surface area contributed by atoms with Crippen molar-refractivity contribution in [1.29, 1.82) is 0 Å². The van der Waals surface area contributed by atoms with Gasteiger partial charge in [-0.25, -0.2) is 8.78 Å². The van der Waals surface area contributed by atoms with Crippen molar-refractivity contribution < 1.29 is 18.5 Å². The first kappa shape index (κ1) is 19.3. The summed E-state index contributed by atoms with van der Waals surface area (Å²) in [5.74, 6) is -3.16. The third kappa shape index (κ3) is 3.81. The van der Waals surface area contributed by atoms with Crippen molar-refractivity contribution in [2.24, 2.45) is 0 Å². The monoisotopic (exact) mass is 415 g/mol. The zero-order valence-corrected chi connectivity index (χ0v) is 15.3. The molecule has 0 bridgehead atoms. The molecule has 2 aromatic rings. The number of nitro groups is 1. The molecule has 1 amide bonds. The highest BCUT2D eigenvalue weighted by atomic mass is 35.5. The number of rotatable bonds is 3. The Balaban J connectivity index is 1.78. The van der Waals surface area contributed by atoms with Crippen molar-refractivity contribution in [2.45, 2.75) is 0 Å². The molecule has 1 aliphatic heterocycles. The van der Waals surface area contributed by atoms with Gasteiger partial charge >= 0.3 is 0 Å². The first-order valence-corrected chi connectivity index (χ1v) is 8.67. The molecule has 0 unspecified atom stereocenters. The van der Waals surface area contributed by atoms with Gasteiger partial charge in [-0.1, -0.05) is 23.2 Å². The number of hydrogen-bond donors (Lipinski definition) is 0. The van der Waals surface area contributed by atoms with Crippen LogP contribution in [0.3, 0.4) is 0 Å². The molecular weight excluding hydrogens is 403 g/mol. The Morgan fingerprint density at radius 1 is 1.07 bits per heavy atom.